The van der Waals surface area contributed by atoms with Gasteiger partial charge < -0.3 is 10.2 Å². The molecule has 1 atom stereocenters. The Morgan fingerprint density at radius 2 is 2.00 bits per heavy atom. The number of nitrogens with two attached hydrogens (primary N) is 1. The molecule has 4 heteroatoms. The molecule has 0 saturated heterocycles. The van der Waals surface area contributed by atoms with Gasteiger partial charge in [-0.3, -0.25) is 0 Å². The van der Waals surface area contributed by atoms with E-state index in [4.69, 9.17) is 10.2 Å². The van der Waals surface area contributed by atoms with Crippen LogP contribution >= 0.6 is 27.3 Å². The van der Waals surface area contributed by atoms with Gasteiger partial charge >= 0.3 is 0 Å². The molecular weight excluding hydrogens is 298 g/mol. The van der Waals surface area contributed by atoms with Gasteiger partial charge in [-0.25, -0.2) is 0 Å². The van der Waals surface area contributed by atoms with Crippen LogP contribution in [0.3, 0.4) is 0 Å². The van der Waals surface area contributed by atoms with Gasteiger partial charge in [0, 0.05) is 22.9 Å². The standard InChI is InChI=1S/C13H16BrNOS/c1-7-8(2)16-9(3)13(7)11(15)6-10-4-5-12(14)17-10/h4-5,11H,6,15H2,1-3H3. The molecule has 0 amide bonds. The topological polar surface area (TPSA) is 39.2 Å². The number of furan rings is 1. The number of rotatable bonds is 3. The number of hydrogen-bond donors (Lipinski definition) is 1. The van der Waals surface area contributed by atoms with Crippen molar-refractivity contribution in [2.45, 2.75) is 33.2 Å². The summed E-state index contributed by atoms with van der Waals surface area (Å²) in [4.78, 5) is 1.29. The van der Waals surface area contributed by atoms with Crippen molar-refractivity contribution < 1.29 is 4.42 Å². The van der Waals surface area contributed by atoms with Crippen LogP contribution in [0.1, 0.15) is 33.6 Å². The molecule has 2 aromatic rings. The second-order valence-corrected chi connectivity index (χ2v) is 6.82. The van der Waals surface area contributed by atoms with Crippen molar-refractivity contribution in [3.05, 3.63) is 43.4 Å². The van der Waals surface area contributed by atoms with Crippen LogP contribution in [0.2, 0.25) is 0 Å². The highest BCUT2D eigenvalue weighted by Gasteiger charge is 2.18. The van der Waals surface area contributed by atoms with E-state index in [0.717, 1.165) is 27.3 Å². The zero-order chi connectivity index (χ0) is 12.6. The zero-order valence-electron chi connectivity index (χ0n) is 10.2. The predicted octanol–water partition coefficient (Wildman–Crippen LogP) is 4.27. The van der Waals surface area contributed by atoms with Crippen LogP contribution in [-0.4, -0.2) is 0 Å². The van der Waals surface area contributed by atoms with Crippen LogP contribution in [-0.2, 0) is 6.42 Å². The van der Waals surface area contributed by atoms with Gasteiger partial charge in [-0.15, -0.1) is 11.3 Å². The number of aryl methyl sites for hydroxylation is 2. The lowest BCUT2D eigenvalue weighted by molar-refractivity contribution is 0.496. The molecule has 2 rings (SSSR count). The van der Waals surface area contributed by atoms with E-state index >= 15 is 0 Å². The number of thiophene rings is 1. The molecule has 0 fully saturated rings. The third-order valence-corrected chi connectivity index (χ3v) is 4.68. The maximum absolute atomic E-state index is 6.28. The van der Waals surface area contributed by atoms with Gasteiger partial charge in [-0.05, 0) is 54.4 Å². The fraction of sp³-hybridized carbons (Fsp3) is 0.385. The lowest BCUT2D eigenvalue weighted by atomic mass is 10.00. The lowest BCUT2D eigenvalue weighted by Crippen LogP contribution is -2.14. The van der Waals surface area contributed by atoms with E-state index in [1.807, 2.05) is 13.8 Å². The van der Waals surface area contributed by atoms with Gasteiger partial charge in [0.25, 0.3) is 0 Å². The third-order valence-electron chi connectivity index (χ3n) is 3.04. The molecule has 2 N–H and O–H groups in total. The summed E-state index contributed by atoms with van der Waals surface area (Å²) in [5, 5.41) is 0. The van der Waals surface area contributed by atoms with Gasteiger partial charge in [0.1, 0.15) is 11.5 Å². The van der Waals surface area contributed by atoms with E-state index in [1.165, 1.54) is 10.4 Å². The predicted molar refractivity (Wildman–Crippen MR) is 75.6 cm³/mol. The molecule has 0 spiro atoms. The van der Waals surface area contributed by atoms with E-state index < -0.39 is 0 Å². The fourth-order valence-corrected chi connectivity index (χ4v) is 3.68. The fourth-order valence-electron chi connectivity index (χ4n) is 2.13. The first-order valence-electron chi connectivity index (χ1n) is 5.55. The Morgan fingerprint density at radius 1 is 1.29 bits per heavy atom. The summed E-state index contributed by atoms with van der Waals surface area (Å²) in [6.07, 6.45) is 0.858. The van der Waals surface area contributed by atoms with E-state index in [1.54, 1.807) is 11.3 Å². The van der Waals surface area contributed by atoms with E-state index in [2.05, 4.69) is 35.0 Å². The molecule has 2 heterocycles. The Balaban J connectivity index is 2.22. The second-order valence-electron chi connectivity index (χ2n) is 4.27. The first kappa shape index (κ1) is 12.9. The van der Waals surface area contributed by atoms with Gasteiger partial charge in [0.2, 0.25) is 0 Å². The van der Waals surface area contributed by atoms with Crippen molar-refractivity contribution in [2.24, 2.45) is 5.73 Å². The maximum atomic E-state index is 6.28. The van der Waals surface area contributed by atoms with Gasteiger partial charge in [-0.1, -0.05) is 0 Å². The van der Waals surface area contributed by atoms with Gasteiger partial charge in [0.05, 0.1) is 3.79 Å². The summed E-state index contributed by atoms with van der Waals surface area (Å²) in [5.41, 5.74) is 8.63. The minimum atomic E-state index is 0.0120. The molecular formula is C13H16BrNOS. The average molecular weight is 314 g/mol. The largest absolute Gasteiger partial charge is 0.466 e. The van der Waals surface area contributed by atoms with Crippen LogP contribution < -0.4 is 5.73 Å². The van der Waals surface area contributed by atoms with Crippen LogP contribution in [0, 0.1) is 20.8 Å². The number of hydrogen-bond acceptors (Lipinski definition) is 3. The Bertz CT molecular complexity index is 530. The van der Waals surface area contributed by atoms with Gasteiger partial charge in [0.15, 0.2) is 0 Å². The summed E-state index contributed by atoms with van der Waals surface area (Å²) in [6, 6.07) is 4.19. The summed E-state index contributed by atoms with van der Waals surface area (Å²) < 4.78 is 6.77. The van der Waals surface area contributed by atoms with Gasteiger partial charge in [-0.2, -0.15) is 0 Å². The Kier molecular flexibility index (Phi) is 3.76. The zero-order valence-corrected chi connectivity index (χ0v) is 12.6. The minimum absolute atomic E-state index is 0.0120. The van der Waals surface area contributed by atoms with E-state index in [-0.39, 0.29) is 6.04 Å². The SMILES string of the molecule is Cc1oc(C)c(C(N)Cc2ccc(Br)s2)c1C. The van der Waals surface area contributed by atoms with Crippen LogP contribution in [0.5, 0.6) is 0 Å². The van der Waals surface area contributed by atoms with Crippen LogP contribution in [0.25, 0.3) is 0 Å². The summed E-state index contributed by atoms with van der Waals surface area (Å²) in [6.45, 7) is 6.05. The third kappa shape index (κ3) is 2.64. The highest BCUT2D eigenvalue weighted by Crippen LogP contribution is 2.30. The quantitative estimate of drug-likeness (QED) is 0.919. The molecule has 0 radical (unpaired) electrons. The Hall–Kier alpha value is -0.580. The lowest BCUT2D eigenvalue weighted by Gasteiger charge is -2.10. The average Bonchev–Trinajstić information content (AvgIpc) is 2.73. The van der Waals surface area contributed by atoms with Crippen LogP contribution in [0.4, 0.5) is 0 Å². The number of halogens is 1. The first-order valence-corrected chi connectivity index (χ1v) is 7.16. The van der Waals surface area contributed by atoms with Crippen molar-refractivity contribution in [3.8, 4) is 0 Å². The molecule has 0 aliphatic carbocycles. The molecule has 0 aliphatic rings. The molecule has 2 aromatic heterocycles. The molecule has 0 bridgehead atoms. The van der Waals surface area contributed by atoms with E-state index in [0.29, 0.717) is 0 Å². The minimum Gasteiger partial charge on any atom is -0.466 e. The summed E-state index contributed by atoms with van der Waals surface area (Å²) >= 11 is 5.21. The van der Waals surface area contributed by atoms with Crippen LogP contribution in [0.15, 0.2) is 20.3 Å². The van der Waals surface area contributed by atoms with Crippen molar-refractivity contribution in [2.75, 3.05) is 0 Å². The van der Waals surface area contributed by atoms with Crippen molar-refractivity contribution in [3.63, 3.8) is 0 Å². The summed E-state index contributed by atoms with van der Waals surface area (Å²) in [5.74, 6) is 1.92. The second kappa shape index (κ2) is 4.96. The molecule has 92 valence electrons. The normalized spacial score (nSPS) is 13.0. The molecule has 0 saturated carbocycles. The molecule has 2 nitrogen and oxygen atoms in total. The Labute approximate surface area is 114 Å². The smallest absolute Gasteiger partial charge is 0.106 e. The molecule has 17 heavy (non-hydrogen) atoms. The summed E-state index contributed by atoms with van der Waals surface area (Å²) in [7, 11) is 0. The van der Waals surface area contributed by atoms with Crippen molar-refractivity contribution in [1.29, 1.82) is 0 Å². The molecule has 0 aliphatic heterocycles. The molecule has 1 unspecified atom stereocenters. The first-order chi connectivity index (χ1) is 7.99. The van der Waals surface area contributed by atoms with Crippen molar-refractivity contribution >= 4 is 27.3 Å². The Morgan fingerprint density at radius 3 is 2.47 bits per heavy atom. The monoisotopic (exact) mass is 313 g/mol. The highest BCUT2D eigenvalue weighted by molar-refractivity contribution is 9.11. The highest BCUT2D eigenvalue weighted by atomic mass is 79.9. The van der Waals surface area contributed by atoms with E-state index in [9.17, 15) is 0 Å². The maximum Gasteiger partial charge on any atom is 0.106 e. The van der Waals surface area contributed by atoms with Crippen molar-refractivity contribution in [1.82, 2.24) is 0 Å². The molecule has 0 aromatic carbocycles.